The van der Waals surface area contributed by atoms with Crippen LogP contribution in [0.2, 0.25) is 0 Å². The standard InChI is InChI=1S/C35H60O2/c1-3-5-6-8-28-9-11-29(12-10-28)13-14-30-15-19-31(20-16-30)32-21-23-33(24-22-32)35(36)37-34-25-17-27(7-4-2)18-26-34/h13-14,27-34H,3-12,15-26H2,1-2H3. The molecule has 0 amide bonds. The molecule has 0 aromatic heterocycles. The average molecular weight is 513 g/mol. The fraction of sp³-hybridized carbons (Fsp3) is 0.914. The first-order valence-corrected chi connectivity index (χ1v) is 17.0. The number of hydrogen-bond donors (Lipinski definition) is 0. The van der Waals surface area contributed by atoms with Crippen LogP contribution in [0, 0.1) is 41.4 Å². The van der Waals surface area contributed by atoms with Crippen molar-refractivity contribution in [2.45, 2.75) is 161 Å². The number of carbonyl (C=O) groups excluding carboxylic acids is 1. The molecule has 2 nitrogen and oxygen atoms in total. The quantitative estimate of drug-likeness (QED) is 0.156. The zero-order valence-corrected chi connectivity index (χ0v) is 24.6. The summed E-state index contributed by atoms with van der Waals surface area (Å²) in [5.41, 5.74) is 0. The predicted molar refractivity (Wildman–Crippen MR) is 156 cm³/mol. The molecule has 0 saturated heterocycles. The molecule has 4 aliphatic carbocycles. The van der Waals surface area contributed by atoms with Gasteiger partial charge >= 0.3 is 5.97 Å². The van der Waals surface area contributed by atoms with Gasteiger partial charge in [-0.1, -0.05) is 64.5 Å². The molecule has 0 radical (unpaired) electrons. The Bertz CT molecular complexity index is 651. The molecule has 37 heavy (non-hydrogen) atoms. The van der Waals surface area contributed by atoms with Crippen LogP contribution in [0.3, 0.4) is 0 Å². The Morgan fingerprint density at radius 3 is 1.68 bits per heavy atom. The smallest absolute Gasteiger partial charge is 0.309 e. The van der Waals surface area contributed by atoms with Gasteiger partial charge in [-0.3, -0.25) is 4.79 Å². The number of hydrogen-bond acceptors (Lipinski definition) is 2. The molecule has 212 valence electrons. The van der Waals surface area contributed by atoms with E-state index >= 15 is 0 Å². The van der Waals surface area contributed by atoms with E-state index in [2.05, 4.69) is 26.0 Å². The summed E-state index contributed by atoms with van der Waals surface area (Å²) in [6.45, 7) is 4.60. The highest BCUT2D eigenvalue weighted by molar-refractivity contribution is 5.72. The minimum absolute atomic E-state index is 0.140. The summed E-state index contributed by atoms with van der Waals surface area (Å²) in [6, 6.07) is 0. The van der Waals surface area contributed by atoms with Crippen LogP contribution in [0.1, 0.15) is 155 Å². The van der Waals surface area contributed by atoms with Gasteiger partial charge in [-0.25, -0.2) is 0 Å². The van der Waals surface area contributed by atoms with Gasteiger partial charge in [0.1, 0.15) is 6.10 Å². The van der Waals surface area contributed by atoms with E-state index in [1.165, 1.54) is 116 Å². The second kappa shape index (κ2) is 15.7. The van der Waals surface area contributed by atoms with E-state index in [4.69, 9.17) is 4.74 Å². The molecule has 0 bridgehead atoms. The van der Waals surface area contributed by atoms with Crippen molar-refractivity contribution >= 4 is 5.97 Å². The second-order valence-electron chi connectivity index (χ2n) is 13.8. The molecule has 0 unspecified atom stereocenters. The average Bonchev–Trinajstić information content (AvgIpc) is 2.94. The van der Waals surface area contributed by atoms with E-state index < -0.39 is 0 Å². The second-order valence-corrected chi connectivity index (χ2v) is 13.8. The highest BCUT2D eigenvalue weighted by Gasteiger charge is 2.34. The monoisotopic (exact) mass is 512 g/mol. The summed E-state index contributed by atoms with van der Waals surface area (Å²) in [7, 11) is 0. The largest absolute Gasteiger partial charge is 0.462 e. The van der Waals surface area contributed by atoms with Crippen LogP contribution in [0.4, 0.5) is 0 Å². The molecule has 0 atom stereocenters. The Balaban J connectivity index is 1.08. The summed E-state index contributed by atoms with van der Waals surface area (Å²) >= 11 is 0. The predicted octanol–water partition coefficient (Wildman–Crippen LogP) is 10.4. The van der Waals surface area contributed by atoms with Crippen molar-refractivity contribution in [2.24, 2.45) is 41.4 Å². The van der Waals surface area contributed by atoms with E-state index in [-0.39, 0.29) is 18.0 Å². The molecule has 4 saturated carbocycles. The van der Waals surface area contributed by atoms with E-state index in [1.54, 1.807) is 0 Å². The van der Waals surface area contributed by atoms with Crippen molar-refractivity contribution in [1.29, 1.82) is 0 Å². The molecule has 0 aromatic carbocycles. The molecule has 0 aromatic rings. The van der Waals surface area contributed by atoms with Gasteiger partial charge < -0.3 is 4.74 Å². The number of unbranched alkanes of at least 4 members (excludes halogenated alkanes) is 2. The molecular formula is C35H60O2. The van der Waals surface area contributed by atoms with Crippen molar-refractivity contribution in [3.8, 4) is 0 Å². The Morgan fingerprint density at radius 2 is 1.11 bits per heavy atom. The molecule has 4 aliphatic rings. The van der Waals surface area contributed by atoms with Crippen molar-refractivity contribution in [2.75, 3.05) is 0 Å². The van der Waals surface area contributed by atoms with Gasteiger partial charge in [0.25, 0.3) is 0 Å². The van der Waals surface area contributed by atoms with Crippen molar-refractivity contribution < 1.29 is 9.53 Å². The number of allylic oxidation sites excluding steroid dienone is 2. The third-order valence-corrected chi connectivity index (χ3v) is 11.1. The van der Waals surface area contributed by atoms with Gasteiger partial charge in [-0.15, -0.1) is 0 Å². The number of ether oxygens (including phenoxy) is 1. The van der Waals surface area contributed by atoms with E-state index in [0.29, 0.717) is 0 Å². The molecule has 0 aliphatic heterocycles. The lowest BCUT2D eigenvalue weighted by atomic mass is 9.69. The zero-order valence-electron chi connectivity index (χ0n) is 24.6. The number of rotatable bonds is 11. The maximum absolute atomic E-state index is 12.8. The first-order chi connectivity index (χ1) is 18.1. The van der Waals surface area contributed by atoms with Crippen LogP contribution in [-0.2, 0) is 9.53 Å². The summed E-state index contributed by atoms with van der Waals surface area (Å²) < 4.78 is 6.01. The fourth-order valence-electron chi connectivity index (χ4n) is 8.51. The van der Waals surface area contributed by atoms with Gasteiger partial charge in [-0.2, -0.15) is 0 Å². The van der Waals surface area contributed by atoms with E-state index in [1.807, 2.05) is 0 Å². The SMILES string of the molecule is CCCCCC1CCC(C=CC2CCC(C3CCC(C(=O)OC4CCC(CCC)CC4)CC3)CC2)CC1. The van der Waals surface area contributed by atoms with E-state index in [9.17, 15) is 4.79 Å². The van der Waals surface area contributed by atoms with Crippen molar-refractivity contribution in [3.05, 3.63) is 12.2 Å². The number of carbonyl (C=O) groups is 1. The summed E-state index contributed by atoms with van der Waals surface area (Å²) in [5, 5.41) is 0. The molecule has 0 N–H and O–H groups in total. The maximum atomic E-state index is 12.8. The Labute approximate surface area is 230 Å². The molecule has 0 spiro atoms. The molecule has 2 heteroatoms. The molecule has 4 fully saturated rings. The van der Waals surface area contributed by atoms with Gasteiger partial charge in [0, 0.05) is 0 Å². The van der Waals surface area contributed by atoms with Crippen LogP contribution in [0.5, 0.6) is 0 Å². The Morgan fingerprint density at radius 1 is 0.595 bits per heavy atom. The minimum atomic E-state index is 0.140. The van der Waals surface area contributed by atoms with Crippen LogP contribution in [-0.4, -0.2) is 12.1 Å². The van der Waals surface area contributed by atoms with Gasteiger partial charge in [0.15, 0.2) is 0 Å². The lowest BCUT2D eigenvalue weighted by Crippen LogP contribution is -2.32. The first kappa shape index (κ1) is 29.2. The molecular weight excluding hydrogens is 452 g/mol. The summed E-state index contributed by atoms with van der Waals surface area (Å²) in [4.78, 5) is 12.8. The highest BCUT2D eigenvalue weighted by atomic mass is 16.5. The number of esters is 1. The summed E-state index contributed by atoms with van der Waals surface area (Å²) in [5.74, 6) is 5.69. The lowest BCUT2D eigenvalue weighted by molar-refractivity contribution is -0.157. The Kier molecular flexibility index (Phi) is 12.4. The van der Waals surface area contributed by atoms with Crippen LogP contribution in [0.15, 0.2) is 12.2 Å². The third-order valence-electron chi connectivity index (χ3n) is 11.1. The van der Waals surface area contributed by atoms with Crippen LogP contribution in [0.25, 0.3) is 0 Å². The Hall–Kier alpha value is -0.790. The van der Waals surface area contributed by atoms with Crippen molar-refractivity contribution in [3.63, 3.8) is 0 Å². The topological polar surface area (TPSA) is 26.3 Å². The van der Waals surface area contributed by atoms with Crippen molar-refractivity contribution in [1.82, 2.24) is 0 Å². The third kappa shape index (κ3) is 9.42. The van der Waals surface area contributed by atoms with E-state index in [0.717, 1.165) is 61.2 Å². The summed E-state index contributed by atoms with van der Waals surface area (Å²) in [6.07, 6.45) is 34.7. The normalized spacial score (nSPS) is 37.5. The first-order valence-electron chi connectivity index (χ1n) is 17.0. The van der Waals surface area contributed by atoms with Gasteiger partial charge in [-0.05, 0) is 138 Å². The molecule has 4 rings (SSSR count). The highest BCUT2D eigenvalue weighted by Crippen LogP contribution is 2.42. The lowest BCUT2D eigenvalue weighted by Gasteiger charge is -2.37. The van der Waals surface area contributed by atoms with Crippen LogP contribution < -0.4 is 0 Å². The molecule has 0 heterocycles. The van der Waals surface area contributed by atoms with Gasteiger partial charge in [0.05, 0.1) is 5.92 Å². The fourth-order valence-corrected chi connectivity index (χ4v) is 8.51. The zero-order chi connectivity index (χ0) is 25.9. The van der Waals surface area contributed by atoms with Gasteiger partial charge in [0.2, 0.25) is 0 Å². The maximum Gasteiger partial charge on any atom is 0.309 e. The minimum Gasteiger partial charge on any atom is -0.462 e. The van der Waals surface area contributed by atoms with Crippen LogP contribution >= 0.6 is 0 Å².